The predicted molar refractivity (Wildman–Crippen MR) is 113 cm³/mol. The molecule has 1 atom stereocenters. The predicted octanol–water partition coefficient (Wildman–Crippen LogP) is 2.74. The first-order valence-electron chi connectivity index (χ1n) is 11.0. The molecule has 3 aromatic rings. The number of anilines is 1. The van der Waals surface area contributed by atoms with Crippen LogP contribution in [-0.4, -0.2) is 61.9 Å². The zero-order valence-electron chi connectivity index (χ0n) is 16.9. The minimum absolute atomic E-state index is 0.0770. The highest BCUT2D eigenvalue weighted by atomic mass is 16.2. The van der Waals surface area contributed by atoms with Gasteiger partial charge in [-0.2, -0.15) is 0 Å². The van der Waals surface area contributed by atoms with Crippen LogP contribution in [0, 0.1) is 5.92 Å². The molecule has 6 rings (SSSR count). The fourth-order valence-corrected chi connectivity index (χ4v) is 4.41. The van der Waals surface area contributed by atoms with Crippen LogP contribution in [0.3, 0.4) is 0 Å². The lowest BCUT2D eigenvalue weighted by Gasteiger charge is -2.38. The number of pyridine rings is 1. The number of nitrogens with one attached hydrogen (secondary N) is 1. The number of carbonyl (C=O) groups excluding carboxylic acids is 1. The second-order valence-electron chi connectivity index (χ2n) is 8.66. The summed E-state index contributed by atoms with van der Waals surface area (Å²) in [5.74, 6) is 3.42. The number of aromatic nitrogens is 5. The summed E-state index contributed by atoms with van der Waals surface area (Å²) in [6.45, 7) is 3.50. The van der Waals surface area contributed by atoms with Gasteiger partial charge in [-0.05, 0) is 50.3 Å². The van der Waals surface area contributed by atoms with Gasteiger partial charge in [0.15, 0.2) is 11.5 Å². The van der Waals surface area contributed by atoms with Crippen LogP contribution in [0.2, 0.25) is 0 Å². The molecule has 0 radical (unpaired) electrons. The summed E-state index contributed by atoms with van der Waals surface area (Å²) in [5, 5.41) is 0. The maximum atomic E-state index is 12.7. The van der Waals surface area contributed by atoms with Crippen molar-refractivity contribution in [3.63, 3.8) is 0 Å². The monoisotopic (exact) mass is 403 g/mol. The fourth-order valence-electron chi connectivity index (χ4n) is 4.41. The van der Waals surface area contributed by atoms with Crippen LogP contribution in [0.15, 0.2) is 24.4 Å². The van der Waals surface area contributed by atoms with Crippen molar-refractivity contribution in [2.75, 3.05) is 31.1 Å². The molecule has 1 amide bonds. The van der Waals surface area contributed by atoms with Gasteiger partial charge in [-0.3, -0.25) is 4.79 Å². The maximum Gasteiger partial charge on any atom is 0.227 e. The van der Waals surface area contributed by atoms with E-state index in [4.69, 9.17) is 9.97 Å². The Bertz CT molecular complexity index is 1100. The van der Waals surface area contributed by atoms with Gasteiger partial charge in [0, 0.05) is 38.3 Å². The van der Waals surface area contributed by atoms with Gasteiger partial charge in [0.05, 0.1) is 11.4 Å². The molecule has 0 unspecified atom stereocenters. The number of rotatable bonds is 4. The molecule has 0 bridgehead atoms. The van der Waals surface area contributed by atoms with Gasteiger partial charge >= 0.3 is 0 Å². The van der Waals surface area contributed by atoms with E-state index in [1.165, 1.54) is 12.8 Å². The standard InChI is InChI=1S/C22H25N7O/c30-22(28-11-2-12-28)15-3-1-10-29(13-15)18-7-6-16-21(26-18)27-20(25-16)17-8-9-23-19(24-17)14-4-5-14/h6-9,14-15H,1-5,10-13H2,(H,25,26,27)/t15-/m1/s1. The molecule has 1 aliphatic carbocycles. The lowest BCUT2D eigenvalue weighted by Crippen LogP contribution is -2.49. The van der Waals surface area contributed by atoms with Crippen LogP contribution >= 0.6 is 0 Å². The SMILES string of the molecule is O=C([C@@H]1CCCN(c2ccc3[nH]c(-c4ccnc(C5CC5)n4)nc3n2)C1)N1CCC1. The summed E-state index contributed by atoms with van der Waals surface area (Å²) < 4.78 is 0. The third-order valence-corrected chi connectivity index (χ3v) is 6.45. The highest BCUT2D eigenvalue weighted by molar-refractivity contribution is 5.81. The number of H-pyrrole nitrogens is 1. The van der Waals surface area contributed by atoms with Crippen LogP contribution in [-0.2, 0) is 4.79 Å². The first kappa shape index (κ1) is 17.8. The molecule has 30 heavy (non-hydrogen) atoms. The van der Waals surface area contributed by atoms with E-state index in [-0.39, 0.29) is 5.92 Å². The van der Waals surface area contributed by atoms with E-state index in [0.717, 1.165) is 74.1 Å². The van der Waals surface area contributed by atoms with E-state index in [0.29, 0.717) is 17.5 Å². The van der Waals surface area contributed by atoms with Crippen LogP contribution in [0.4, 0.5) is 5.82 Å². The number of piperidine rings is 1. The molecule has 154 valence electrons. The zero-order chi connectivity index (χ0) is 20.1. The number of aromatic amines is 1. The lowest BCUT2D eigenvalue weighted by molar-refractivity contribution is -0.139. The second-order valence-corrected chi connectivity index (χ2v) is 8.66. The molecular weight excluding hydrogens is 378 g/mol. The normalized spacial score (nSPS) is 21.7. The van der Waals surface area contributed by atoms with E-state index in [9.17, 15) is 4.79 Å². The molecule has 0 aromatic carbocycles. The molecule has 2 saturated heterocycles. The minimum Gasteiger partial charge on any atom is -0.356 e. The van der Waals surface area contributed by atoms with Crippen molar-refractivity contribution in [1.29, 1.82) is 0 Å². The maximum absolute atomic E-state index is 12.7. The van der Waals surface area contributed by atoms with E-state index >= 15 is 0 Å². The zero-order valence-corrected chi connectivity index (χ0v) is 16.9. The number of hydrogen-bond donors (Lipinski definition) is 1. The summed E-state index contributed by atoms with van der Waals surface area (Å²) in [5.41, 5.74) is 2.39. The highest BCUT2D eigenvalue weighted by Gasteiger charge is 2.32. The first-order valence-corrected chi connectivity index (χ1v) is 11.0. The van der Waals surface area contributed by atoms with Crippen LogP contribution in [0.1, 0.15) is 43.8 Å². The Morgan fingerprint density at radius 1 is 1.00 bits per heavy atom. The number of imidazole rings is 1. The topological polar surface area (TPSA) is 90.9 Å². The summed E-state index contributed by atoms with van der Waals surface area (Å²) in [7, 11) is 0. The highest BCUT2D eigenvalue weighted by Crippen LogP contribution is 2.38. The van der Waals surface area contributed by atoms with Gasteiger partial charge in [-0.25, -0.2) is 19.9 Å². The van der Waals surface area contributed by atoms with E-state index in [1.807, 2.05) is 29.3 Å². The molecule has 8 nitrogen and oxygen atoms in total. The summed E-state index contributed by atoms with van der Waals surface area (Å²) in [6.07, 6.45) is 7.27. The molecule has 1 N–H and O–H groups in total. The second kappa shape index (κ2) is 7.04. The Morgan fingerprint density at radius 3 is 2.70 bits per heavy atom. The van der Waals surface area contributed by atoms with Crippen LogP contribution in [0.5, 0.6) is 0 Å². The molecule has 3 aromatic heterocycles. The number of likely N-dealkylation sites (tertiary alicyclic amines) is 1. The molecule has 3 aliphatic rings. The quantitative estimate of drug-likeness (QED) is 0.720. The fraction of sp³-hybridized carbons (Fsp3) is 0.500. The average molecular weight is 403 g/mol. The Hall–Kier alpha value is -3.03. The molecule has 2 aliphatic heterocycles. The minimum atomic E-state index is 0.0770. The van der Waals surface area contributed by atoms with Crippen molar-refractivity contribution in [2.45, 2.75) is 38.0 Å². The number of amides is 1. The summed E-state index contributed by atoms with van der Waals surface area (Å²) in [4.78, 5) is 38.8. The Balaban J connectivity index is 1.25. The number of hydrogen-bond acceptors (Lipinski definition) is 6. The molecule has 0 spiro atoms. The van der Waals surface area contributed by atoms with Crippen molar-refractivity contribution in [3.05, 3.63) is 30.2 Å². The van der Waals surface area contributed by atoms with Gasteiger partial charge in [0.1, 0.15) is 17.3 Å². The van der Waals surface area contributed by atoms with Gasteiger partial charge < -0.3 is 14.8 Å². The summed E-state index contributed by atoms with van der Waals surface area (Å²) >= 11 is 0. The number of carbonyl (C=O) groups is 1. The van der Waals surface area contributed by atoms with E-state index in [2.05, 4.69) is 19.9 Å². The van der Waals surface area contributed by atoms with Crippen LogP contribution < -0.4 is 4.90 Å². The average Bonchev–Trinajstić information content (AvgIpc) is 3.51. The molecule has 1 saturated carbocycles. The van der Waals surface area contributed by atoms with Crippen molar-refractivity contribution in [3.8, 4) is 11.5 Å². The van der Waals surface area contributed by atoms with Crippen molar-refractivity contribution in [2.24, 2.45) is 5.92 Å². The third kappa shape index (κ3) is 3.20. The number of fused-ring (bicyclic) bond motifs is 1. The summed E-state index contributed by atoms with van der Waals surface area (Å²) in [6, 6.07) is 5.94. The first-order chi connectivity index (χ1) is 14.7. The third-order valence-electron chi connectivity index (χ3n) is 6.45. The van der Waals surface area contributed by atoms with Gasteiger partial charge in [0.25, 0.3) is 0 Å². The Kier molecular flexibility index (Phi) is 4.17. The largest absolute Gasteiger partial charge is 0.356 e. The molecule has 5 heterocycles. The van der Waals surface area contributed by atoms with Gasteiger partial charge in [-0.15, -0.1) is 0 Å². The van der Waals surface area contributed by atoms with E-state index < -0.39 is 0 Å². The molecule has 8 heteroatoms. The van der Waals surface area contributed by atoms with Crippen LogP contribution in [0.25, 0.3) is 22.7 Å². The van der Waals surface area contributed by atoms with Gasteiger partial charge in [0.2, 0.25) is 5.91 Å². The van der Waals surface area contributed by atoms with Crippen molar-refractivity contribution in [1.82, 2.24) is 29.8 Å². The molecule has 3 fully saturated rings. The van der Waals surface area contributed by atoms with Crippen molar-refractivity contribution >= 4 is 22.9 Å². The Labute approximate surface area is 174 Å². The lowest BCUT2D eigenvalue weighted by atomic mass is 9.95. The Morgan fingerprint density at radius 2 is 1.90 bits per heavy atom. The molecular formula is C22H25N7O. The smallest absolute Gasteiger partial charge is 0.227 e. The van der Waals surface area contributed by atoms with Crippen molar-refractivity contribution < 1.29 is 4.79 Å². The number of nitrogens with zero attached hydrogens (tertiary/aromatic N) is 6. The van der Waals surface area contributed by atoms with E-state index in [1.54, 1.807) is 0 Å². The van der Waals surface area contributed by atoms with Gasteiger partial charge in [-0.1, -0.05) is 0 Å².